The Balaban J connectivity index is 1.55. The van der Waals surface area contributed by atoms with Crippen LogP contribution in [0.25, 0.3) is 5.69 Å². The Morgan fingerprint density at radius 2 is 1.96 bits per heavy atom. The number of rotatable bonds is 6. The predicted octanol–water partition coefficient (Wildman–Crippen LogP) is 3.44. The van der Waals surface area contributed by atoms with Crippen molar-refractivity contribution in [3.05, 3.63) is 78.4 Å². The van der Waals surface area contributed by atoms with E-state index in [1.807, 2.05) is 66.2 Å². The number of carbonyl (C=O) groups excluding carboxylic acids is 1. The van der Waals surface area contributed by atoms with Crippen molar-refractivity contribution >= 4 is 6.03 Å². The molecule has 2 aromatic carbocycles. The molecule has 2 amide bonds. The van der Waals surface area contributed by atoms with Gasteiger partial charge in [-0.05, 0) is 30.7 Å². The molecule has 0 aliphatic carbocycles. The number of para-hydroxylation sites is 1. The van der Waals surface area contributed by atoms with Crippen LogP contribution in [-0.4, -0.2) is 22.7 Å². The maximum atomic E-state index is 12.2. The van der Waals surface area contributed by atoms with E-state index in [-0.39, 0.29) is 12.1 Å². The Labute approximate surface area is 152 Å². The van der Waals surface area contributed by atoms with E-state index < -0.39 is 0 Å². The van der Waals surface area contributed by atoms with Crippen LogP contribution in [0, 0.1) is 0 Å². The predicted molar refractivity (Wildman–Crippen MR) is 100 cm³/mol. The van der Waals surface area contributed by atoms with Crippen molar-refractivity contribution in [2.45, 2.75) is 19.5 Å². The lowest BCUT2D eigenvalue weighted by atomic mass is 10.1. The number of hydrogen-bond acceptors (Lipinski definition) is 3. The highest BCUT2D eigenvalue weighted by molar-refractivity contribution is 5.74. The van der Waals surface area contributed by atoms with Crippen molar-refractivity contribution in [1.82, 2.24) is 20.2 Å². The van der Waals surface area contributed by atoms with Gasteiger partial charge in [-0.3, -0.25) is 0 Å². The van der Waals surface area contributed by atoms with Crippen LogP contribution in [0.3, 0.4) is 0 Å². The first kappa shape index (κ1) is 17.5. The third-order valence-electron chi connectivity index (χ3n) is 4.18. The Kier molecular flexibility index (Phi) is 5.53. The van der Waals surface area contributed by atoms with Gasteiger partial charge < -0.3 is 19.9 Å². The van der Waals surface area contributed by atoms with E-state index in [0.717, 1.165) is 22.6 Å². The minimum atomic E-state index is -0.220. The number of ether oxygens (including phenoxy) is 1. The molecule has 3 rings (SSSR count). The number of urea groups is 1. The Bertz CT molecular complexity index is 845. The second-order valence-electron chi connectivity index (χ2n) is 5.92. The van der Waals surface area contributed by atoms with E-state index in [0.29, 0.717) is 6.54 Å². The fourth-order valence-electron chi connectivity index (χ4n) is 2.70. The molecule has 6 nitrogen and oxygen atoms in total. The largest absolute Gasteiger partial charge is 0.496 e. The number of imidazole rings is 1. The first-order valence-electron chi connectivity index (χ1n) is 8.42. The van der Waals surface area contributed by atoms with Crippen LogP contribution in [0.15, 0.2) is 67.3 Å². The molecule has 0 spiro atoms. The van der Waals surface area contributed by atoms with Crippen molar-refractivity contribution in [2.24, 2.45) is 0 Å². The van der Waals surface area contributed by atoms with Gasteiger partial charge in [0.05, 0.1) is 19.5 Å². The highest BCUT2D eigenvalue weighted by atomic mass is 16.5. The van der Waals surface area contributed by atoms with E-state index in [2.05, 4.69) is 15.6 Å². The number of methoxy groups -OCH3 is 1. The maximum absolute atomic E-state index is 12.2. The van der Waals surface area contributed by atoms with E-state index in [1.54, 1.807) is 19.6 Å². The number of nitrogens with zero attached hydrogens (tertiary/aromatic N) is 2. The molecular weight excluding hydrogens is 328 g/mol. The molecular formula is C20H22N4O2. The normalized spacial score (nSPS) is 11.6. The summed E-state index contributed by atoms with van der Waals surface area (Å²) in [5.74, 6) is 0.760. The molecule has 134 valence electrons. The highest BCUT2D eigenvalue weighted by Gasteiger charge is 2.10. The lowest BCUT2D eigenvalue weighted by Crippen LogP contribution is -2.36. The van der Waals surface area contributed by atoms with Gasteiger partial charge in [-0.2, -0.15) is 0 Å². The molecule has 0 radical (unpaired) electrons. The minimum Gasteiger partial charge on any atom is -0.496 e. The topological polar surface area (TPSA) is 68.2 Å². The van der Waals surface area contributed by atoms with Gasteiger partial charge in [0.2, 0.25) is 0 Å². The molecule has 0 aliphatic heterocycles. The standard InChI is InChI=1S/C20H22N4O2/c1-15(16-7-9-18(10-8-16)24-12-11-21-14-24)23-20(25)22-13-17-5-3-4-6-19(17)26-2/h3-12,14-15H,13H2,1-2H3,(H2,22,23,25). The Hall–Kier alpha value is -3.28. The molecule has 2 N–H and O–H groups in total. The summed E-state index contributed by atoms with van der Waals surface area (Å²) >= 11 is 0. The maximum Gasteiger partial charge on any atom is 0.315 e. The van der Waals surface area contributed by atoms with Gasteiger partial charge in [0, 0.05) is 30.2 Å². The molecule has 0 bridgehead atoms. The lowest BCUT2D eigenvalue weighted by molar-refractivity contribution is 0.237. The summed E-state index contributed by atoms with van der Waals surface area (Å²) in [6.07, 6.45) is 5.38. The van der Waals surface area contributed by atoms with Gasteiger partial charge in [0.15, 0.2) is 0 Å². The van der Waals surface area contributed by atoms with Crippen molar-refractivity contribution in [1.29, 1.82) is 0 Å². The van der Waals surface area contributed by atoms with E-state index in [9.17, 15) is 4.79 Å². The first-order chi connectivity index (χ1) is 12.7. The first-order valence-corrected chi connectivity index (χ1v) is 8.42. The van der Waals surface area contributed by atoms with Crippen molar-refractivity contribution in [3.8, 4) is 11.4 Å². The van der Waals surface area contributed by atoms with Gasteiger partial charge in [-0.1, -0.05) is 30.3 Å². The minimum absolute atomic E-state index is 0.107. The molecule has 1 atom stereocenters. The van der Waals surface area contributed by atoms with Crippen LogP contribution in [0.1, 0.15) is 24.1 Å². The average Bonchev–Trinajstić information content (AvgIpc) is 3.21. The second kappa shape index (κ2) is 8.20. The SMILES string of the molecule is COc1ccccc1CNC(=O)NC(C)c1ccc(-n2ccnc2)cc1. The number of benzene rings is 2. The fraction of sp³-hybridized carbons (Fsp3) is 0.200. The second-order valence-corrected chi connectivity index (χ2v) is 5.92. The quantitative estimate of drug-likeness (QED) is 0.715. The van der Waals surface area contributed by atoms with Gasteiger partial charge in [-0.25, -0.2) is 9.78 Å². The zero-order valence-corrected chi connectivity index (χ0v) is 14.8. The fourth-order valence-corrected chi connectivity index (χ4v) is 2.70. The third kappa shape index (κ3) is 4.22. The lowest BCUT2D eigenvalue weighted by Gasteiger charge is -2.16. The number of amides is 2. The number of nitrogens with one attached hydrogen (secondary N) is 2. The monoisotopic (exact) mass is 350 g/mol. The summed E-state index contributed by atoms with van der Waals surface area (Å²) < 4.78 is 7.22. The van der Waals surface area contributed by atoms with Crippen LogP contribution in [0.5, 0.6) is 5.75 Å². The molecule has 26 heavy (non-hydrogen) atoms. The van der Waals surface area contributed by atoms with Crippen LogP contribution < -0.4 is 15.4 Å². The molecule has 0 aliphatic rings. The van der Waals surface area contributed by atoms with E-state index in [4.69, 9.17) is 4.74 Å². The Morgan fingerprint density at radius 3 is 2.65 bits per heavy atom. The van der Waals surface area contributed by atoms with Gasteiger partial charge >= 0.3 is 6.03 Å². The average molecular weight is 350 g/mol. The number of aromatic nitrogens is 2. The van der Waals surface area contributed by atoms with Crippen molar-refractivity contribution in [2.75, 3.05) is 7.11 Å². The van der Waals surface area contributed by atoms with Gasteiger partial charge in [0.25, 0.3) is 0 Å². The van der Waals surface area contributed by atoms with Gasteiger partial charge in [-0.15, -0.1) is 0 Å². The number of hydrogen-bond donors (Lipinski definition) is 2. The summed E-state index contributed by atoms with van der Waals surface area (Å²) in [7, 11) is 1.62. The molecule has 0 fully saturated rings. The zero-order chi connectivity index (χ0) is 18.4. The van der Waals surface area contributed by atoms with Crippen LogP contribution in [0.4, 0.5) is 4.79 Å². The molecule has 1 aromatic heterocycles. The molecule has 1 unspecified atom stereocenters. The smallest absolute Gasteiger partial charge is 0.315 e. The molecule has 1 heterocycles. The Morgan fingerprint density at radius 1 is 1.19 bits per heavy atom. The summed E-state index contributed by atoms with van der Waals surface area (Å²) in [5, 5.41) is 5.81. The van der Waals surface area contributed by atoms with Crippen LogP contribution in [-0.2, 0) is 6.54 Å². The summed E-state index contributed by atoms with van der Waals surface area (Å²) in [6.45, 7) is 2.36. The summed E-state index contributed by atoms with van der Waals surface area (Å²) in [5.41, 5.74) is 2.99. The molecule has 6 heteroatoms. The van der Waals surface area contributed by atoms with E-state index in [1.165, 1.54) is 0 Å². The molecule has 3 aromatic rings. The van der Waals surface area contributed by atoms with Crippen LogP contribution >= 0.6 is 0 Å². The third-order valence-corrected chi connectivity index (χ3v) is 4.18. The molecule has 0 saturated carbocycles. The van der Waals surface area contributed by atoms with E-state index >= 15 is 0 Å². The summed E-state index contributed by atoms with van der Waals surface area (Å²) in [6, 6.07) is 15.3. The zero-order valence-electron chi connectivity index (χ0n) is 14.8. The van der Waals surface area contributed by atoms with Gasteiger partial charge in [0.1, 0.15) is 5.75 Å². The highest BCUT2D eigenvalue weighted by Crippen LogP contribution is 2.17. The van der Waals surface area contributed by atoms with Crippen LogP contribution in [0.2, 0.25) is 0 Å². The summed E-state index contributed by atoms with van der Waals surface area (Å²) in [4.78, 5) is 16.2. The number of carbonyl (C=O) groups is 1. The van der Waals surface area contributed by atoms with Crippen molar-refractivity contribution in [3.63, 3.8) is 0 Å². The molecule has 0 saturated heterocycles. The van der Waals surface area contributed by atoms with Crippen molar-refractivity contribution < 1.29 is 9.53 Å².